The third kappa shape index (κ3) is 7.19. The summed E-state index contributed by atoms with van der Waals surface area (Å²) in [4.78, 5) is 25.3. The van der Waals surface area contributed by atoms with Crippen molar-refractivity contribution in [1.29, 1.82) is 0 Å². The SMILES string of the molecule is CCC(=O)/C(C(=O)CCc1ccc(Oc2ccc(F)cc2)cc1C(F)(F)F)=C(O)\C(CC)=C(\O)CC. The van der Waals surface area contributed by atoms with Gasteiger partial charge in [-0.2, -0.15) is 13.2 Å². The zero-order chi connectivity index (χ0) is 27.0. The first-order valence-corrected chi connectivity index (χ1v) is 11.5. The highest BCUT2D eigenvalue weighted by Crippen LogP contribution is 2.36. The molecule has 0 atom stereocenters. The first kappa shape index (κ1) is 28.6. The molecule has 2 aromatic rings. The van der Waals surface area contributed by atoms with Crippen molar-refractivity contribution < 1.29 is 42.1 Å². The van der Waals surface area contributed by atoms with Gasteiger partial charge < -0.3 is 14.9 Å². The van der Waals surface area contributed by atoms with Crippen molar-refractivity contribution in [3.05, 3.63) is 82.1 Å². The van der Waals surface area contributed by atoms with Gasteiger partial charge in [0.15, 0.2) is 11.6 Å². The summed E-state index contributed by atoms with van der Waals surface area (Å²) in [7, 11) is 0. The molecule has 0 aliphatic rings. The van der Waals surface area contributed by atoms with Crippen molar-refractivity contribution in [3.8, 4) is 11.5 Å². The highest BCUT2D eigenvalue weighted by molar-refractivity contribution is 6.20. The molecule has 2 rings (SSSR count). The van der Waals surface area contributed by atoms with Crippen LogP contribution in [0.3, 0.4) is 0 Å². The van der Waals surface area contributed by atoms with Crippen molar-refractivity contribution in [2.45, 2.75) is 59.1 Å². The molecule has 9 heteroatoms. The quantitative estimate of drug-likeness (QED) is 0.0817. The first-order valence-electron chi connectivity index (χ1n) is 11.5. The third-order valence-electron chi connectivity index (χ3n) is 5.50. The van der Waals surface area contributed by atoms with Crippen molar-refractivity contribution in [3.63, 3.8) is 0 Å². The lowest BCUT2D eigenvalue weighted by Gasteiger charge is -2.16. The second-order valence-corrected chi connectivity index (χ2v) is 7.93. The number of allylic oxidation sites excluding steroid dienone is 3. The Morgan fingerprint density at radius 3 is 2.00 bits per heavy atom. The van der Waals surface area contributed by atoms with Gasteiger partial charge in [-0.25, -0.2) is 4.39 Å². The molecule has 0 saturated carbocycles. The van der Waals surface area contributed by atoms with Crippen LogP contribution in [0, 0.1) is 5.82 Å². The van der Waals surface area contributed by atoms with E-state index < -0.39 is 46.9 Å². The summed E-state index contributed by atoms with van der Waals surface area (Å²) in [5, 5.41) is 20.7. The van der Waals surface area contributed by atoms with E-state index in [1.807, 2.05) is 0 Å². The van der Waals surface area contributed by atoms with Gasteiger partial charge in [0.25, 0.3) is 0 Å². The average Bonchev–Trinajstić information content (AvgIpc) is 2.84. The van der Waals surface area contributed by atoms with Gasteiger partial charge in [0.1, 0.15) is 28.6 Å². The lowest BCUT2D eigenvalue weighted by Crippen LogP contribution is -2.18. The third-order valence-corrected chi connectivity index (χ3v) is 5.50. The fourth-order valence-corrected chi connectivity index (χ4v) is 3.58. The minimum atomic E-state index is -4.76. The maximum Gasteiger partial charge on any atom is 0.416 e. The number of Topliss-reactive ketones (excluding diaryl/α,β-unsaturated/α-hetero) is 2. The van der Waals surface area contributed by atoms with E-state index in [1.165, 1.54) is 31.2 Å². The molecule has 0 fully saturated rings. The van der Waals surface area contributed by atoms with E-state index in [-0.39, 0.29) is 54.1 Å². The Bertz CT molecular complexity index is 1160. The lowest BCUT2D eigenvalue weighted by molar-refractivity contribution is -0.138. The Morgan fingerprint density at radius 1 is 0.861 bits per heavy atom. The number of aryl methyl sites for hydroxylation is 1. The highest BCUT2D eigenvalue weighted by Gasteiger charge is 2.34. The van der Waals surface area contributed by atoms with Crippen LogP contribution in [0.5, 0.6) is 11.5 Å². The second-order valence-electron chi connectivity index (χ2n) is 7.93. The standard InChI is InChI=1S/C27H28F4O5/c1-4-20(22(32)5-2)26(35)25(23(33)6-3)24(34)14-8-16-7-11-19(15-21(16)27(29,30)31)36-18-12-9-17(28)10-13-18/h7,9-13,15,32,35H,4-6,8,14H2,1-3H3/b22-20+,26-25-. The van der Waals surface area contributed by atoms with Gasteiger partial charge in [-0.1, -0.05) is 26.8 Å². The molecule has 2 aromatic carbocycles. The van der Waals surface area contributed by atoms with Crippen LogP contribution in [0.2, 0.25) is 0 Å². The summed E-state index contributed by atoms with van der Waals surface area (Å²) in [6, 6.07) is 8.01. The molecule has 0 unspecified atom stereocenters. The summed E-state index contributed by atoms with van der Waals surface area (Å²) in [5.74, 6) is -2.83. The maximum absolute atomic E-state index is 13.8. The fraction of sp³-hybridized carbons (Fsp3) is 0.333. The number of ketones is 2. The van der Waals surface area contributed by atoms with Crippen molar-refractivity contribution in [2.24, 2.45) is 0 Å². The van der Waals surface area contributed by atoms with Crippen LogP contribution >= 0.6 is 0 Å². The van der Waals surface area contributed by atoms with E-state index in [0.717, 1.165) is 18.2 Å². The maximum atomic E-state index is 13.8. The lowest BCUT2D eigenvalue weighted by atomic mass is 9.93. The number of halogens is 4. The van der Waals surface area contributed by atoms with Gasteiger partial charge >= 0.3 is 6.18 Å². The molecule has 0 spiro atoms. The molecule has 0 bridgehead atoms. The van der Waals surface area contributed by atoms with Gasteiger partial charge in [-0.15, -0.1) is 0 Å². The second kappa shape index (κ2) is 12.4. The topological polar surface area (TPSA) is 83.8 Å². The molecular formula is C27H28F4O5. The van der Waals surface area contributed by atoms with Crippen LogP contribution in [0.4, 0.5) is 17.6 Å². The van der Waals surface area contributed by atoms with Crippen molar-refractivity contribution >= 4 is 11.6 Å². The summed E-state index contributed by atoms with van der Waals surface area (Å²) in [6.07, 6.45) is -5.40. The number of aliphatic hydroxyl groups is 2. The van der Waals surface area contributed by atoms with E-state index >= 15 is 0 Å². The molecule has 0 aromatic heterocycles. The molecule has 0 saturated heterocycles. The monoisotopic (exact) mass is 508 g/mol. The summed E-state index contributed by atoms with van der Waals surface area (Å²) in [5.41, 5.74) is -1.71. The van der Waals surface area contributed by atoms with E-state index in [2.05, 4.69) is 0 Å². The van der Waals surface area contributed by atoms with E-state index in [9.17, 15) is 37.4 Å². The highest BCUT2D eigenvalue weighted by atomic mass is 19.4. The van der Waals surface area contributed by atoms with Crippen LogP contribution in [0.25, 0.3) is 0 Å². The molecule has 2 N–H and O–H groups in total. The Balaban J connectivity index is 2.37. The fourth-order valence-electron chi connectivity index (χ4n) is 3.58. The predicted molar refractivity (Wildman–Crippen MR) is 126 cm³/mol. The van der Waals surface area contributed by atoms with Crippen molar-refractivity contribution in [1.82, 2.24) is 0 Å². The molecular weight excluding hydrogens is 480 g/mol. The Morgan fingerprint density at radius 2 is 1.47 bits per heavy atom. The van der Waals surface area contributed by atoms with Gasteiger partial charge in [0.2, 0.25) is 0 Å². The predicted octanol–water partition coefficient (Wildman–Crippen LogP) is 7.56. The number of ether oxygens (including phenoxy) is 1. The van der Waals surface area contributed by atoms with Gasteiger partial charge in [0, 0.05) is 24.8 Å². The molecule has 0 aliphatic heterocycles. The number of alkyl halides is 3. The molecule has 0 aliphatic carbocycles. The number of benzene rings is 2. The van der Waals surface area contributed by atoms with E-state index in [0.29, 0.717) is 0 Å². The first-order chi connectivity index (χ1) is 16.9. The molecule has 5 nitrogen and oxygen atoms in total. The summed E-state index contributed by atoms with van der Waals surface area (Å²) >= 11 is 0. The number of carbonyl (C=O) groups is 2. The summed E-state index contributed by atoms with van der Waals surface area (Å²) < 4.78 is 59.8. The van der Waals surface area contributed by atoms with Crippen LogP contribution in [0.1, 0.15) is 57.6 Å². The number of carbonyl (C=O) groups excluding carboxylic acids is 2. The number of rotatable bonds is 11. The molecule has 0 amide bonds. The number of hydrogen-bond acceptors (Lipinski definition) is 5. The molecule has 36 heavy (non-hydrogen) atoms. The van der Waals surface area contributed by atoms with Gasteiger partial charge in [0.05, 0.1) is 11.3 Å². The van der Waals surface area contributed by atoms with Gasteiger partial charge in [-0.05, 0) is 54.8 Å². The molecule has 0 radical (unpaired) electrons. The Hall–Kier alpha value is -3.62. The minimum Gasteiger partial charge on any atom is -0.512 e. The minimum absolute atomic E-state index is 0.0425. The van der Waals surface area contributed by atoms with E-state index in [1.54, 1.807) is 13.8 Å². The van der Waals surface area contributed by atoms with Gasteiger partial charge in [-0.3, -0.25) is 9.59 Å². The zero-order valence-electron chi connectivity index (χ0n) is 20.2. The van der Waals surface area contributed by atoms with Crippen molar-refractivity contribution in [2.75, 3.05) is 0 Å². The van der Waals surface area contributed by atoms with Crippen LogP contribution in [-0.2, 0) is 22.2 Å². The average molecular weight is 509 g/mol. The summed E-state index contributed by atoms with van der Waals surface area (Å²) in [6.45, 7) is 4.74. The smallest absolute Gasteiger partial charge is 0.416 e. The normalized spacial score (nSPS) is 13.1. The Labute approximate surface area is 206 Å². The molecule has 0 heterocycles. The van der Waals surface area contributed by atoms with Crippen LogP contribution < -0.4 is 4.74 Å². The largest absolute Gasteiger partial charge is 0.512 e. The van der Waals surface area contributed by atoms with E-state index in [4.69, 9.17) is 4.74 Å². The zero-order valence-corrected chi connectivity index (χ0v) is 20.2. The number of aliphatic hydroxyl groups excluding tert-OH is 2. The Kier molecular flexibility index (Phi) is 9.84. The van der Waals surface area contributed by atoms with Crippen LogP contribution in [-0.4, -0.2) is 21.8 Å². The molecule has 194 valence electrons. The van der Waals surface area contributed by atoms with Crippen LogP contribution in [0.15, 0.2) is 65.1 Å². The number of hydrogen-bond donors (Lipinski definition) is 2.